The summed E-state index contributed by atoms with van der Waals surface area (Å²) in [5.74, 6) is -0.726. The van der Waals surface area contributed by atoms with E-state index in [1.165, 1.54) is 0 Å². The highest BCUT2D eigenvalue weighted by Crippen LogP contribution is 2.44. The Balaban J connectivity index is 2.05. The summed E-state index contributed by atoms with van der Waals surface area (Å²) >= 11 is 0. The standard InChI is InChI=1S/C10H15FO3/c11-9(4-5-12)2-1-3-10(8-9)13-6-7-14-10/h5H,1-4,6-8H2. The van der Waals surface area contributed by atoms with E-state index in [0.717, 1.165) is 12.8 Å². The Labute approximate surface area is 82.6 Å². The van der Waals surface area contributed by atoms with Crippen LogP contribution < -0.4 is 0 Å². The summed E-state index contributed by atoms with van der Waals surface area (Å²) in [5.41, 5.74) is -1.41. The molecule has 14 heavy (non-hydrogen) atoms. The SMILES string of the molecule is O=CCC1(F)CCCC2(C1)OCCO2. The van der Waals surface area contributed by atoms with Gasteiger partial charge in [0.05, 0.1) is 13.2 Å². The average molecular weight is 202 g/mol. The molecule has 0 bridgehead atoms. The van der Waals surface area contributed by atoms with Crippen LogP contribution in [0.15, 0.2) is 0 Å². The molecule has 3 nitrogen and oxygen atoms in total. The summed E-state index contributed by atoms with van der Waals surface area (Å²) < 4.78 is 25.0. The van der Waals surface area contributed by atoms with Crippen LogP contribution >= 0.6 is 0 Å². The molecule has 0 N–H and O–H groups in total. The fourth-order valence-corrected chi connectivity index (χ4v) is 2.40. The van der Waals surface area contributed by atoms with Crippen molar-refractivity contribution >= 4 is 6.29 Å². The van der Waals surface area contributed by atoms with E-state index in [-0.39, 0.29) is 12.8 Å². The molecule has 2 aliphatic rings. The van der Waals surface area contributed by atoms with Crippen molar-refractivity contribution in [3.63, 3.8) is 0 Å². The van der Waals surface area contributed by atoms with Crippen molar-refractivity contribution in [1.29, 1.82) is 0 Å². The molecule has 0 aromatic carbocycles. The van der Waals surface area contributed by atoms with Gasteiger partial charge >= 0.3 is 0 Å². The number of hydrogen-bond acceptors (Lipinski definition) is 3. The molecule has 1 saturated carbocycles. The zero-order chi connectivity index (χ0) is 10.1. The number of halogens is 1. The molecule has 1 saturated heterocycles. The van der Waals surface area contributed by atoms with E-state index >= 15 is 0 Å². The van der Waals surface area contributed by atoms with E-state index in [0.29, 0.717) is 25.9 Å². The molecule has 2 rings (SSSR count). The molecule has 0 radical (unpaired) electrons. The quantitative estimate of drug-likeness (QED) is 0.638. The van der Waals surface area contributed by atoms with Crippen molar-refractivity contribution in [2.45, 2.75) is 43.6 Å². The molecule has 0 aromatic rings. The van der Waals surface area contributed by atoms with Crippen LogP contribution in [-0.2, 0) is 14.3 Å². The van der Waals surface area contributed by atoms with Crippen LogP contribution in [0.25, 0.3) is 0 Å². The van der Waals surface area contributed by atoms with Gasteiger partial charge in [-0.2, -0.15) is 0 Å². The van der Waals surface area contributed by atoms with Crippen LogP contribution in [0.5, 0.6) is 0 Å². The predicted octanol–water partition coefficient (Wildman–Crippen LogP) is 1.60. The van der Waals surface area contributed by atoms with Gasteiger partial charge in [-0.05, 0) is 12.8 Å². The Hall–Kier alpha value is -0.480. The smallest absolute Gasteiger partial charge is 0.171 e. The molecule has 0 amide bonds. The van der Waals surface area contributed by atoms with Gasteiger partial charge in [-0.3, -0.25) is 0 Å². The largest absolute Gasteiger partial charge is 0.347 e. The van der Waals surface area contributed by atoms with Gasteiger partial charge in [0.2, 0.25) is 0 Å². The summed E-state index contributed by atoms with van der Waals surface area (Å²) in [6.07, 6.45) is 2.73. The molecule has 1 aliphatic carbocycles. The lowest BCUT2D eigenvalue weighted by atomic mass is 9.80. The van der Waals surface area contributed by atoms with E-state index in [4.69, 9.17) is 9.47 Å². The lowest BCUT2D eigenvalue weighted by molar-refractivity contribution is -0.204. The molecule has 4 heteroatoms. The lowest BCUT2D eigenvalue weighted by Gasteiger charge is -2.39. The van der Waals surface area contributed by atoms with Gasteiger partial charge in [0, 0.05) is 19.3 Å². The van der Waals surface area contributed by atoms with Gasteiger partial charge < -0.3 is 14.3 Å². The van der Waals surface area contributed by atoms with Gasteiger partial charge in [0.25, 0.3) is 0 Å². The first-order chi connectivity index (χ1) is 6.68. The van der Waals surface area contributed by atoms with Crippen LogP contribution in [-0.4, -0.2) is 31.0 Å². The van der Waals surface area contributed by atoms with Crippen LogP contribution in [0.4, 0.5) is 4.39 Å². The number of aldehydes is 1. The van der Waals surface area contributed by atoms with Crippen LogP contribution in [0.3, 0.4) is 0 Å². The molecule has 1 heterocycles. The van der Waals surface area contributed by atoms with Gasteiger partial charge in [-0.25, -0.2) is 4.39 Å². The Morgan fingerprint density at radius 3 is 2.64 bits per heavy atom. The van der Waals surface area contributed by atoms with Crippen LogP contribution in [0.1, 0.15) is 32.1 Å². The Morgan fingerprint density at radius 2 is 2.00 bits per heavy atom. The Kier molecular flexibility index (Phi) is 2.58. The summed E-state index contributed by atoms with van der Waals surface area (Å²) in [7, 11) is 0. The third-order valence-electron chi connectivity index (χ3n) is 3.03. The summed E-state index contributed by atoms with van der Waals surface area (Å²) in [6.45, 7) is 1.08. The molecule has 1 spiro atoms. The normalized spacial score (nSPS) is 36.1. The van der Waals surface area contributed by atoms with Gasteiger partial charge in [-0.15, -0.1) is 0 Å². The first-order valence-electron chi connectivity index (χ1n) is 5.09. The minimum Gasteiger partial charge on any atom is -0.347 e. The molecule has 1 unspecified atom stereocenters. The first-order valence-corrected chi connectivity index (χ1v) is 5.09. The molecule has 80 valence electrons. The molecule has 1 atom stereocenters. The highest BCUT2D eigenvalue weighted by atomic mass is 19.1. The number of carbonyl (C=O) groups excluding carboxylic acids is 1. The van der Waals surface area contributed by atoms with E-state index in [9.17, 15) is 9.18 Å². The van der Waals surface area contributed by atoms with E-state index in [1.807, 2.05) is 0 Å². The molecule has 1 aliphatic heterocycles. The Bertz CT molecular complexity index is 225. The van der Waals surface area contributed by atoms with Gasteiger partial charge in [0.15, 0.2) is 5.79 Å². The maximum absolute atomic E-state index is 14.1. The topological polar surface area (TPSA) is 35.5 Å². The molecule has 2 fully saturated rings. The summed E-state index contributed by atoms with van der Waals surface area (Å²) in [4.78, 5) is 10.4. The third-order valence-corrected chi connectivity index (χ3v) is 3.03. The second-order valence-corrected chi connectivity index (χ2v) is 4.16. The van der Waals surface area contributed by atoms with Gasteiger partial charge in [-0.1, -0.05) is 0 Å². The first kappa shape index (κ1) is 10.1. The monoisotopic (exact) mass is 202 g/mol. The maximum Gasteiger partial charge on any atom is 0.171 e. The number of rotatable bonds is 2. The van der Waals surface area contributed by atoms with Crippen LogP contribution in [0, 0.1) is 0 Å². The van der Waals surface area contributed by atoms with Gasteiger partial charge in [0.1, 0.15) is 12.0 Å². The van der Waals surface area contributed by atoms with Crippen molar-refractivity contribution in [3.05, 3.63) is 0 Å². The second kappa shape index (κ2) is 3.59. The fraction of sp³-hybridized carbons (Fsp3) is 0.900. The number of hydrogen-bond donors (Lipinski definition) is 0. The second-order valence-electron chi connectivity index (χ2n) is 4.16. The average Bonchev–Trinajstić information content (AvgIpc) is 2.52. The van der Waals surface area contributed by atoms with E-state index in [1.54, 1.807) is 0 Å². The zero-order valence-corrected chi connectivity index (χ0v) is 8.13. The highest BCUT2D eigenvalue weighted by Gasteiger charge is 2.48. The summed E-state index contributed by atoms with van der Waals surface area (Å²) in [6, 6.07) is 0. The van der Waals surface area contributed by atoms with Crippen molar-refractivity contribution in [3.8, 4) is 0 Å². The predicted molar refractivity (Wildman–Crippen MR) is 47.6 cm³/mol. The number of alkyl halides is 1. The zero-order valence-electron chi connectivity index (χ0n) is 8.13. The van der Waals surface area contributed by atoms with Crippen molar-refractivity contribution in [1.82, 2.24) is 0 Å². The van der Waals surface area contributed by atoms with Crippen molar-refractivity contribution in [2.24, 2.45) is 0 Å². The van der Waals surface area contributed by atoms with Crippen molar-refractivity contribution < 1.29 is 18.7 Å². The summed E-state index contributed by atoms with van der Waals surface area (Å²) in [5, 5.41) is 0. The minimum atomic E-state index is -1.41. The number of ether oxygens (including phenoxy) is 2. The van der Waals surface area contributed by atoms with Crippen LogP contribution in [0.2, 0.25) is 0 Å². The lowest BCUT2D eigenvalue weighted by Crippen LogP contribution is -2.44. The highest BCUT2D eigenvalue weighted by molar-refractivity contribution is 5.51. The molecular formula is C10H15FO3. The third kappa shape index (κ3) is 1.81. The Morgan fingerprint density at radius 1 is 1.29 bits per heavy atom. The molecular weight excluding hydrogens is 187 g/mol. The van der Waals surface area contributed by atoms with E-state index < -0.39 is 11.5 Å². The van der Waals surface area contributed by atoms with Crippen molar-refractivity contribution in [2.75, 3.05) is 13.2 Å². The van der Waals surface area contributed by atoms with E-state index in [2.05, 4.69) is 0 Å². The fourth-order valence-electron chi connectivity index (χ4n) is 2.40. The maximum atomic E-state index is 14.1. The number of carbonyl (C=O) groups is 1. The minimum absolute atomic E-state index is 0.0402. The molecule has 0 aromatic heterocycles.